The summed E-state index contributed by atoms with van der Waals surface area (Å²) in [5, 5.41) is 0. The van der Waals surface area contributed by atoms with Gasteiger partial charge in [0.1, 0.15) is 28.6 Å². The number of methoxy groups -OCH3 is 2. The summed E-state index contributed by atoms with van der Waals surface area (Å²) in [5.74, 6) is 0.107. The Kier molecular flexibility index (Phi) is 6.68. The third kappa shape index (κ3) is 5.45. The van der Waals surface area contributed by atoms with Crippen LogP contribution in [-0.4, -0.2) is 24.9 Å². The van der Waals surface area contributed by atoms with E-state index in [1.54, 1.807) is 42.5 Å². The van der Waals surface area contributed by atoms with Crippen molar-refractivity contribution in [3.8, 4) is 23.0 Å². The van der Waals surface area contributed by atoms with Crippen LogP contribution in [0.3, 0.4) is 0 Å². The van der Waals surface area contributed by atoms with Gasteiger partial charge in [-0.25, -0.2) is 4.57 Å². The Morgan fingerprint density at radius 3 is 1.77 bits per heavy atom. The second-order valence-corrected chi connectivity index (χ2v) is 8.17. The van der Waals surface area contributed by atoms with Crippen LogP contribution in [0.5, 0.6) is 23.0 Å². The van der Waals surface area contributed by atoms with Crippen molar-refractivity contribution in [1.82, 2.24) is 0 Å². The Balaban J connectivity index is 1.93. The molecule has 0 radical (unpaired) electrons. The maximum atomic E-state index is 13.0. The van der Waals surface area contributed by atoms with E-state index in [9.17, 15) is 14.3 Å². The average Bonchev–Trinajstić information content (AvgIpc) is 2.71. The number of phosphoric ester groups is 1. The molecule has 31 heavy (non-hydrogen) atoms. The Bertz CT molecular complexity index is 1100. The summed E-state index contributed by atoms with van der Waals surface area (Å²) in [4.78, 5) is 23.2. The number of rotatable bonds is 8. The van der Waals surface area contributed by atoms with Crippen molar-refractivity contribution in [3.63, 3.8) is 0 Å². The largest absolute Gasteiger partial charge is 0.584 e. The molecule has 0 saturated carbocycles. The fraction of sp³-hybridized carbons (Fsp3) is 0.174. The van der Waals surface area contributed by atoms with Gasteiger partial charge in [-0.15, -0.1) is 0 Å². The monoisotopic (exact) mass is 442 g/mol. The molecule has 0 spiro atoms. The molecule has 0 bridgehead atoms. The highest BCUT2D eigenvalue weighted by Crippen LogP contribution is 2.47. The fourth-order valence-corrected chi connectivity index (χ4v) is 3.95. The van der Waals surface area contributed by atoms with Crippen LogP contribution in [0.4, 0.5) is 0 Å². The Hall–Kier alpha value is -3.28. The van der Waals surface area contributed by atoms with Crippen LogP contribution < -0.4 is 18.5 Å². The topological polar surface area (TPSA) is 91.3 Å². The minimum Gasteiger partial charge on any atom is -0.496 e. The highest BCUT2D eigenvalue weighted by Gasteiger charge is 2.28. The Morgan fingerprint density at radius 1 is 0.806 bits per heavy atom. The Morgan fingerprint density at radius 2 is 1.29 bits per heavy atom. The number of ether oxygens (including phenoxy) is 2. The number of aryl methyl sites for hydroxylation is 2. The first-order valence-corrected chi connectivity index (χ1v) is 10.9. The van der Waals surface area contributed by atoms with Crippen molar-refractivity contribution in [1.29, 1.82) is 0 Å². The third-order valence-corrected chi connectivity index (χ3v) is 5.26. The molecule has 0 amide bonds. The molecule has 0 fully saturated rings. The molecule has 0 aliphatic heterocycles. The number of hydrogen-bond acceptors (Lipinski definition) is 6. The summed E-state index contributed by atoms with van der Waals surface area (Å²) >= 11 is 0. The van der Waals surface area contributed by atoms with Gasteiger partial charge in [0, 0.05) is 17.7 Å². The lowest BCUT2D eigenvalue weighted by atomic mass is 10.0. The van der Waals surface area contributed by atoms with Crippen LogP contribution in [0.1, 0.15) is 27.0 Å². The number of carbonyl (C=O) groups is 1. The van der Waals surface area contributed by atoms with Gasteiger partial charge in [0.2, 0.25) is 5.78 Å². The second kappa shape index (κ2) is 9.25. The number of hydrogen-bond donors (Lipinski definition) is 1. The van der Waals surface area contributed by atoms with Gasteiger partial charge >= 0.3 is 7.82 Å². The molecule has 8 heteroatoms. The first kappa shape index (κ1) is 22.4. The summed E-state index contributed by atoms with van der Waals surface area (Å²) in [7, 11) is -1.77. The lowest BCUT2D eigenvalue weighted by Gasteiger charge is -2.18. The molecule has 0 heterocycles. The summed E-state index contributed by atoms with van der Waals surface area (Å²) in [6.07, 6.45) is 0. The summed E-state index contributed by atoms with van der Waals surface area (Å²) in [6.45, 7) is 3.70. The molecule has 7 nitrogen and oxygen atoms in total. The SMILES string of the molecule is COc1cc(OP(=O)(O)Oc2cc(C)cc(C)c2)cc(OC)c1C(=O)c1ccccc1. The molecule has 0 saturated heterocycles. The first-order chi connectivity index (χ1) is 14.7. The minimum absolute atomic E-state index is 0.0477. The molecule has 1 atom stereocenters. The molecule has 0 aliphatic rings. The molecule has 0 aromatic heterocycles. The van der Waals surface area contributed by atoms with E-state index in [0.717, 1.165) is 11.1 Å². The zero-order valence-electron chi connectivity index (χ0n) is 17.6. The van der Waals surface area contributed by atoms with Crippen LogP contribution in [0.2, 0.25) is 0 Å². The van der Waals surface area contributed by atoms with E-state index >= 15 is 0 Å². The van der Waals surface area contributed by atoms with Crippen molar-refractivity contribution in [2.24, 2.45) is 0 Å². The van der Waals surface area contributed by atoms with E-state index < -0.39 is 7.82 Å². The molecule has 162 valence electrons. The van der Waals surface area contributed by atoms with Gasteiger partial charge in [-0.2, -0.15) is 0 Å². The lowest BCUT2D eigenvalue weighted by molar-refractivity contribution is 0.103. The van der Waals surface area contributed by atoms with E-state index in [0.29, 0.717) is 5.56 Å². The molecule has 0 aliphatic carbocycles. The van der Waals surface area contributed by atoms with Crippen LogP contribution in [0, 0.1) is 13.8 Å². The third-order valence-electron chi connectivity index (χ3n) is 4.38. The minimum atomic E-state index is -4.53. The zero-order chi connectivity index (χ0) is 22.6. The van der Waals surface area contributed by atoms with E-state index in [1.165, 1.54) is 26.4 Å². The molecule has 3 rings (SSSR count). The molecular formula is C23H23O7P. The van der Waals surface area contributed by atoms with Gasteiger partial charge in [-0.05, 0) is 37.1 Å². The molecule has 3 aromatic rings. The van der Waals surface area contributed by atoms with Crippen molar-refractivity contribution < 1.29 is 32.8 Å². The maximum absolute atomic E-state index is 13.0. The van der Waals surface area contributed by atoms with Crippen molar-refractivity contribution in [2.75, 3.05) is 14.2 Å². The standard InChI is InChI=1S/C23H23O7P/c1-15-10-16(2)12-18(11-15)29-31(25,26)30-19-13-20(27-3)22(21(14-19)28-4)23(24)17-8-6-5-7-9-17/h5-14H,1-4H3,(H,25,26). The molecule has 3 aromatic carbocycles. The van der Waals surface area contributed by atoms with E-state index in [1.807, 2.05) is 19.9 Å². The number of phosphoric acid groups is 1. The fourth-order valence-electron chi connectivity index (χ4n) is 3.17. The van der Waals surface area contributed by atoms with Crippen molar-refractivity contribution in [3.05, 3.63) is 82.9 Å². The number of carbonyl (C=O) groups excluding carboxylic acids is 1. The predicted molar refractivity (Wildman–Crippen MR) is 116 cm³/mol. The smallest absolute Gasteiger partial charge is 0.496 e. The lowest BCUT2D eigenvalue weighted by Crippen LogP contribution is -2.08. The van der Waals surface area contributed by atoms with Gasteiger partial charge in [0.05, 0.1) is 14.2 Å². The quantitative estimate of drug-likeness (QED) is 0.383. The highest BCUT2D eigenvalue weighted by atomic mass is 31.2. The van der Waals surface area contributed by atoms with E-state index in [-0.39, 0.29) is 34.3 Å². The zero-order valence-corrected chi connectivity index (χ0v) is 18.5. The predicted octanol–water partition coefficient (Wildman–Crippen LogP) is 5.11. The van der Waals surface area contributed by atoms with Gasteiger partial charge < -0.3 is 18.5 Å². The van der Waals surface area contributed by atoms with Crippen LogP contribution in [0.25, 0.3) is 0 Å². The Labute approximate surface area is 180 Å². The molecular weight excluding hydrogens is 419 g/mol. The maximum Gasteiger partial charge on any atom is 0.584 e. The van der Waals surface area contributed by atoms with Crippen molar-refractivity contribution in [2.45, 2.75) is 13.8 Å². The molecule has 1 N–H and O–H groups in total. The van der Waals surface area contributed by atoms with E-state index in [4.69, 9.17) is 18.5 Å². The van der Waals surface area contributed by atoms with Gasteiger partial charge in [-0.1, -0.05) is 36.4 Å². The average molecular weight is 442 g/mol. The number of ketones is 1. The second-order valence-electron chi connectivity index (χ2n) is 6.87. The van der Waals surface area contributed by atoms with Crippen LogP contribution in [-0.2, 0) is 4.57 Å². The van der Waals surface area contributed by atoms with Crippen LogP contribution in [0.15, 0.2) is 60.7 Å². The summed E-state index contributed by atoms with van der Waals surface area (Å²) in [5.41, 5.74) is 2.37. The van der Waals surface area contributed by atoms with Crippen LogP contribution >= 0.6 is 7.82 Å². The van der Waals surface area contributed by atoms with Gasteiger partial charge in [0.25, 0.3) is 0 Å². The molecule has 1 unspecified atom stereocenters. The summed E-state index contributed by atoms with van der Waals surface area (Å²) in [6, 6.07) is 16.5. The van der Waals surface area contributed by atoms with Gasteiger partial charge in [0.15, 0.2) is 0 Å². The van der Waals surface area contributed by atoms with Gasteiger partial charge in [-0.3, -0.25) is 9.69 Å². The van der Waals surface area contributed by atoms with Crippen molar-refractivity contribution >= 4 is 13.6 Å². The van der Waals surface area contributed by atoms with E-state index in [2.05, 4.69) is 0 Å². The summed E-state index contributed by atoms with van der Waals surface area (Å²) < 4.78 is 33.7. The first-order valence-electron chi connectivity index (χ1n) is 9.38. The normalized spacial score (nSPS) is 12.5. The number of benzene rings is 3. The highest BCUT2D eigenvalue weighted by molar-refractivity contribution is 7.48.